The lowest BCUT2D eigenvalue weighted by atomic mass is 9.88. The second kappa shape index (κ2) is 11.4. The lowest BCUT2D eigenvalue weighted by molar-refractivity contribution is -0.0712. The molecule has 11 heteroatoms. The first-order valence-electron chi connectivity index (χ1n) is 16.9. The Morgan fingerprint density at radius 2 is 1.85 bits per heavy atom. The number of likely N-dealkylation sites (tertiary alicyclic amines) is 1. The highest BCUT2D eigenvalue weighted by atomic mass is 19.1. The molecular formula is C37H36FN7O3. The number of para-hydroxylation sites is 1. The van der Waals surface area contributed by atoms with Crippen molar-refractivity contribution >= 4 is 11.0 Å². The molecular weight excluding hydrogens is 609 g/mol. The van der Waals surface area contributed by atoms with Gasteiger partial charge in [0.2, 0.25) is 0 Å². The quantitative estimate of drug-likeness (QED) is 0.203. The van der Waals surface area contributed by atoms with E-state index in [1.807, 2.05) is 18.2 Å². The van der Waals surface area contributed by atoms with Crippen LogP contribution in [0.3, 0.4) is 0 Å². The summed E-state index contributed by atoms with van der Waals surface area (Å²) in [5, 5.41) is 18.0. The van der Waals surface area contributed by atoms with Gasteiger partial charge in [-0.25, -0.2) is 9.37 Å². The molecule has 5 aromatic rings. The summed E-state index contributed by atoms with van der Waals surface area (Å²) in [6.45, 7) is 5.91. The summed E-state index contributed by atoms with van der Waals surface area (Å²) in [7, 11) is 0. The van der Waals surface area contributed by atoms with Crippen LogP contribution in [0.15, 0.2) is 54.6 Å². The Morgan fingerprint density at radius 3 is 2.60 bits per heavy atom. The minimum absolute atomic E-state index is 0.216. The van der Waals surface area contributed by atoms with Gasteiger partial charge in [0.15, 0.2) is 17.3 Å². The molecule has 0 bridgehead atoms. The monoisotopic (exact) mass is 645 g/mol. The van der Waals surface area contributed by atoms with Crippen molar-refractivity contribution in [2.45, 2.75) is 75.8 Å². The Bertz CT molecular complexity index is 2070. The number of nitriles is 1. The lowest BCUT2D eigenvalue weighted by Gasteiger charge is -2.33. The van der Waals surface area contributed by atoms with E-state index in [1.54, 1.807) is 19.1 Å². The number of benzene rings is 3. The number of fused-ring (bicyclic) bond motifs is 2. The first-order valence-corrected chi connectivity index (χ1v) is 16.9. The van der Waals surface area contributed by atoms with Gasteiger partial charge in [-0.05, 0) is 93.6 Å². The van der Waals surface area contributed by atoms with Crippen molar-refractivity contribution in [3.05, 3.63) is 88.8 Å². The predicted molar refractivity (Wildman–Crippen MR) is 175 cm³/mol. The minimum atomic E-state index is -1.31. The summed E-state index contributed by atoms with van der Waals surface area (Å²) in [6, 6.07) is 18.7. The maximum Gasteiger partial charge on any atom is 0.278 e. The molecule has 9 rings (SSSR count). The van der Waals surface area contributed by atoms with Gasteiger partial charge >= 0.3 is 0 Å². The second-order valence-electron chi connectivity index (χ2n) is 13.6. The van der Waals surface area contributed by atoms with Crippen molar-refractivity contribution in [2.24, 2.45) is 0 Å². The van der Waals surface area contributed by atoms with Crippen molar-refractivity contribution in [2.75, 3.05) is 19.7 Å². The molecule has 244 valence electrons. The molecule has 5 heterocycles. The number of aromatic amines is 1. The molecule has 1 unspecified atom stereocenters. The third-order valence-electron chi connectivity index (χ3n) is 10.3. The van der Waals surface area contributed by atoms with Crippen molar-refractivity contribution in [1.82, 2.24) is 29.6 Å². The lowest BCUT2D eigenvalue weighted by Crippen LogP contribution is -2.35. The van der Waals surface area contributed by atoms with Gasteiger partial charge in [-0.2, -0.15) is 5.26 Å². The number of H-pyrrole nitrogens is 1. The number of nitrogens with one attached hydrogen (secondary N) is 1. The standard InChI is InChI=1S/C37H36FN7O3/c1-37(28-9-5-22(19-39)17-29(28)38)47-32-4-2-3-27(34(32)48-37)23-11-14-44(15-12-23)21-33-40-30-18-25(36-41-35(42-43-36)24-6-7-24)8-10-31(30)45(33)20-26-13-16-46-26/h2-5,8-10,17-18,23-24,26H,6-7,11-16,20-21H2,1H3,(H,41,42,43)/t26-,37?/m0/s1. The number of hydrogen-bond acceptors (Lipinski definition) is 8. The zero-order chi connectivity index (χ0) is 32.4. The minimum Gasteiger partial charge on any atom is -0.444 e. The van der Waals surface area contributed by atoms with E-state index in [1.165, 1.54) is 18.9 Å². The maximum absolute atomic E-state index is 15.0. The molecule has 0 radical (unpaired) electrons. The van der Waals surface area contributed by atoms with Gasteiger partial charge < -0.3 is 23.8 Å². The van der Waals surface area contributed by atoms with E-state index in [0.29, 0.717) is 17.4 Å². The Labute approximate surface area is 277 Å². The first-order chi connectivity index (χ1) is 23.4. The van der Waals surface area contributed by atoms with Crippen LogP contribution >= 0.6 is 0 Å². The largest absolute Gasteiger partial charge is 0.444 e. The van der Waals surface area contributed by atoms with Gasteiger partial charge in [0.25, 0.3) is 5.79 Å². The van der Waals surface area contributed by atoms with E-state index in [9.17, 15) is 0 Å². The van der Waals surface area contributed by atoms with Gasteiger partial charge in [0.05, 0.1) is 47.4 Å². The van der Waals surface area contributed by atoms with E-state index < -0.39 is 11.6 Å². The normalized spacial score (nSPS) is 22.6. The van der Waals surface area contributed by atoms with Crippen LogP contribution in [-0.2, 0) is 23.6 Å². The maximum atomic E-state index is 15.0. The third-order valence-corrected chi connectivity index (χ3v) is 10.3. The molecule has 4 aliphatic rings. The predicted octanol–water partition coefficient (Wildman–Crippen LogP) is 6.52. The van der Waals surface area contributed by atoms with Gasteiger partial charge in [0.1, 0.15) is 17.5 Å². The fourth-order valence-corrected chi connectivity index (χ4v) is 7.36. The number of nitrogens with zero attached hydrogens (tertiary/aromatic N) is 6. The number of ether oxygens (including phenoxy) is 3. The molecule has 1 saturated carbocycles. The zero-order valence-corrected chi connectivity index (χ0v) is 26.8. The van der Waals surface area contributed by atoms with Crippen LogP contribution in [0.5, 0.6) is 11.5 Å². The summed E-state index contributed by atoms with van der Waals surface area (Å²) in [4.78, 5) is 11.1. The van der Waals surface area contributed by atoms with Crippen molar-refractivity contribution in [1.29, 1.82) is 5.26 Å². The van der Waals surface area contributed by atoms with Gasteiger partial charge in [-0.15, -0.1) is 10.2 Å². The molecule has 3 aromatic carbocycles. The molecule has 3 fully saturated rings. The van der Waals surface area contributed by atoms with Crippen LogP contribution in [0.1, 0.15) is 79.2 Å². The number of halogens is 1. The van der Waals surface area contributed by atoms with Crippen molar-refractivity contribution < 1.29 is 18.6 Å². The van der Waals surface area contributed by atoms with Crippen LogP contribution in [0.4, 0.5) is 4.39 Å². The Hall–Kier alpha value is -4.79. The topological polar surface area (TPSA) is 114 Å². The number of imidazole rings is 1. The molecule has 0 amide bonds. The first kappa shape index (κ1) is 29.4. The summed E-state index contributed by atoms with van der Waals surface area (Å²) in [6.07, 6.45) is 5.54. The van der Waals surface area contributed by atoms with Crippen LogP contribution in [0, 0.1) is 17.1 Å². The van der Waals surface area contributed by atoms with Crippen molar-refractivity contribution in [3.63, 3.8) is 0 Å². The second-order valence-corrected chi connectivity index (χ2v) is 13.6. The van der Waals surface area contributed by atoms with Crippen LogP contribution in [-0.4, -0.2) is 55.4 Å². The van der Waals surface area contributed by atoms with Gasteiger partial charge in [0, 0.05) is 30.6 Å². The van der Waals surface area contributed by atoms with E-state index in [2.05, 4.69) is 48.9 Å². The molecule has 1 N–H and O–H groups in total. The fraction of sp³-hybridized carbons (Fsp3) is 0.405. The van der Waals surface area contributed by atoms with Crippen LogP contribution < -0.4 is 9.47 Å². The fourth-order valence-electron chi connectivity index (χ4n) is 7.36. The highest BCUT2D eigenvalue weighted by Crippen LogP contribution is 2.50. The smallest absolute Gasteiger partial charge is 0.278 e. The number of piperidine rings is 1. The molecule has 0 spiro atoms. The van der Waals surface area contributed by atoms with E-state index in [0.717, 1.165) is 91.7 Å². The molecule has 2 atom stereocenters. The summed E-state index contributed by atoms with van der Waals surface area (Å²) >= 11 is 0. The average Bonchev–Trinajstić information content (AvgIpc) is 3.54. The highest BCUT2D eigenvalue weighted by Gasteiger charge is 2.43. The van der Waals surface area contributed by atoms with Crippen LogP contribution in [0.2, 0.25) is 0 Å². The van der Waals surface area contributed by atoms with Crippen molar-refractivity contribution in [3.8, 4) is 29.0 Å². The Balaban J connectivity index is 0.922. The van der Waals surface area contributed by atoms with E-state index in [-0.39, 0.29) is 23.1 Å². The molecule has 2 aromatic heterocycles. The SMILES string of the molecule is CC1(c2ccc(C#N)cc2F)Oc2cccc(C3CCN(Cc4nc5cc(-c6nnc(C7CC7)[nH]6)ccc5n4C[C@@H]4CCO4)CC3)c2O1. The highest BCUT2D eigenvalue weighted by molar-refractivity contribution is 5.81. The molecule has 3 aliphatic heterocycles. The summed E-state index contributed by atoms with van der Waals surface area (Å²) in [5.74, 6) is 3.08. The Morgan fingerprint density at radius 1 is 1.00 bits per heavy atom. The van der Waals surface area contributed by atoms with Gasteiger partial charge in [-0.3, -0.25) is 4.90 Å². The summed E-state index contributed by atoms with van der Waals surface area (Å²) < 4.78 is 35.8. The molecule has 48 heavy (non-hydrogen) atoms. The average molecular weight is 646 g/mol. The van der Waals surface area contributed by atoms with E-state index in [4.69, 9.17) is 24.5 Å². The molecule has 10 nitrogen and oxygen atoms in total. The molecule has 1 aliphatic carbocycles. The molecule has 2 saturated heterocycles. The summed E-state index contributed by atoms with van der Waals surface area (Å²) in [5.41, 5.74) is 4.68. The van der Waals surface area contributed by atoms with Gasteiger partial charge in [-0.1, -0.05) is 12.1 Å². The third kappa shape index (κ3) is 5.20. The number of aromatic nitrogens is 5. The number of hydrogen-bond donors (Lipinski definition) is 1. The van der Waals surface area contributed by atoms with E-state index >= 15 is 4.39 Å². The Kier molecular flexibility index (Phi) is 6.99. The van der Waals surface area contributed by atoms with Crippen LogP contribution in [0.25, 0.3) is 22.4 Å². The zero-order valence-electron chi connectivity index (χ0n) is 26.8. The number of rotatable bonds is 8.